The lowest BCUT2D eigenvalue weighted by molar-refractivity contribution is 0.0697. The van der Waals surface area contributed by atoms with E-state index in [0.717, 1.165) is 33.4 Å². The van der Waals surface area contributed by atoms with Gasteiger partial charge in [-0.1, -0.05) is 35.9 Å². The monoisotopic (exact) mass is 484 g/mol. The van der Waals surface area contributed by atoms with Crippen molar-refractivity contribution in [1.82, 2.24) is 9.99 Å². The highest BCUT2D eigenvalue weighted by molar-refractivity contribution is 7.80. The second kappa shape index (κ2) is 8.88. The number of aromatic nitrogens is 1. The minimum atomic E-state index is -0.947. The minimum absolute atomic E-state index is 0.108. The summed E-state index contributed by atoms with van der Waals surface area (Å²) in [5.74, 6) is -0.839. The first-order chi connectivity index (χ1) is 16.8. The second-order valence-electron chi connectivity index (χ2n) is 8.55. The Morgan fingerprint density at radius 1 is 1.09 bits per heavy atom. The number of fused-ring (bicyclic) bond motifs is 2. The fourth-order valence-corrected chi connectivity index (χ4v) is 4.77. The van der Waals surface area contributed by atoms with E-state index in [1.807, 2.05) is 71.8 Å². The molecule has 0 radical (unpaired) electrons. The van der Waals surface area contributed by atoms with Gasteiger partial charge in [-0.25, -0.2) is 4.79 Å². The number of carbonyl (C=O) groups is 1. The number of nitrogens with zero attached hydrogens (tertiary/aromatic N) is 3. The number of hydrazone groups is 1. The van der Waals surface area contributed by atoms with Gasteiger partial charge in [-0.15, -0.1) is 0 Å². The average molecular weight is 485 g/mol. The van der Waals surface area contributed by atoms with Gasteiger partial charge < -0.3 is 15.1 Å². The second-order valence-corrected chi connectivity index (χ2v) is 8.94. The fourth-order valence-electron chi connectivity index (χ4n) is 4.53. The van der Waals surface area contributed by atoms with Gasteiger partial charge in [0.05, 0.1) is 22.4 Å². The highest BCUT2D eigenvalue weighted by Crippen LogP contribution is 2.35. The van der Waals surface area contributed by atoms with Crippen LogP contribution in [0.2, 0.25) is 0 Å². The third-order valence-electron chi connectivity index (χ3n) is 6.29. The Labute approximate surface area is 207 Å². The van der Waals surface area contributed by atoms with Crippen molar-refractivity contribution in [2.75, 3.05) is 11.4 Å². The number of aromatic hydroxyl groups is 1. The third-order valence-corrected chi connectivity index (χ3v) is 6.60. The van der Waals surface area contributed by atoms with E-state index >= 15 is 0 Å². The van der Waals surface area contributed by atoms with Crippen molar-refractivity contribution < 1.29 is 15.0 Å². The predicted molar refractivity (Wildman–Crippen MR) is 142 cm³/mol. The maximum atomic E-state index is 11.3. The van der Waals surface area contributed by atoms with Crippen LogP contribution in [0.1, 0.15) is 34.0 Å². The summed E-state index contributed by atoms with van der Waals surface area (Å²) in [6.45, 7) is 4.49. The van der Waals surface area contributed by atoms with Crippen LogP contribution < -0.4 is 10.3 Å². The molecule has 0 unspecified atom stereocenters. The molecule has 7 nitrogen and oxygen atoms in total. The molecule has 0 amide bonds. The van der Waals surface area contributed by atoms with Crippen LogP contribution in [0.3, 0.4) is 0 Å². The molecule has 5 rings (SSSR count). The fraction of sp³-hybridized carbons (Fsp3) is 0.148. The van der Waals surface area contributed by atoms with E-state index in [2.05, 4.69) is 10.5 Å². The van der Waals surface area contributed by atoms with Crippen LogP contribution in [0, 0.1) is 6.92 Å². The number of hydrogen-bond donors (Lipinski definition) is 3. The van der Waals surface area contributed by atoms with Gasteiger partial charge in [-0.3, -0.25) is 9.99 Å². The molecule has 0 saturated heterocycles. The number of anilines is 1. The molecule has 0 saturated carbocycles. The Balaban J connectivity index is 1.45. The molecule has 3 aromatic carbocycles. The van der Waals surface area contributed by atoms with Gasteiger partial charge in [0.15, 0.2) is 5.11 Å². The highest BCUT2D eigenvalue weighted by Gasteiger charge is 2.24. The zero-order chi connectivity index (χ0) is 24.7. The molecule has 1 aromatic heterocycles. The normalized spacial score (nSPS) is 13.2. The molecular formula is C27H24N4O3S. The van der Waals surface area contributed by atoms with Crippen molar-refractivity contribution in [3.63, 3.8) is 0 Å². The van der Waals surface area contributed by atoms with E-state index < -0.39 is 5.97 Å². The number of rotatable bonds is 4. The maximum Gasteiger partial charge on any atom is 0.335 e. The van der Waals surface area contributed by atoms with E-state index in [-0.39, 0.29) is 11.4 Å². The van der Waals surface area contributed by atoms with Crippen LogP contribution >= 0.6 is 12.2 Å². The molecular weight excluding hydrogens is 460 g/mol. The Morgan fingerprint density at radius 2 is 1.83 bits per heavy atom. The van der Waals surface area contributed by atoms with Crippen LogP contribution in [0.15, 0.2) is 71.8 Å². The summed E-state index contributed by atoms with van der Waals surface area (Å²) in [5.41, 5.74) is 9.14. The molecule has 0 spiro atoms. The number of carboxylic acid groups (broad SMARTS) is 1. The number of carboxylic acids is 1. The maximum absolute atomic E-state index is 11.3. The molecule has 2 heterocycles. The van der Waals surface area contributed by atoms with E-state index in [1.165, 1.54) is 0 Å². The molecule has 0 bridgehead atoms. The summed E-state index contributed by atoms with van der Waals surface area (Å²) in [5, 5.41) is 26.3. The molecule has 8 heteroatoms. The van der Waals surface area contributed by atoms with Crippen molar-refractivity contribution in [3.05, 3.63) is 89.0 Å². The number of aromatic carboxylic acids is 1. The molecule has 3 N–H and O–H groups in total. The standard InChI is InChI=1S/C27H24N4O3S/c1-16-7-10-20(11-8-16)31-23-6-4-3-5-21(23)24(25(31)32)17(2)28-29-27(35)30-14-13-18-15-19(26(33)34)9-12-22(18)30/h3-12,15,32H,13-14H2,1-2H3,(H,29,35)(H,33,34). The van der Waals surface area contributed by atoms with Crippen LogP contribution in [0.4, 0.5) is 5.69 Å². The molecule has 0 aliphatic carbocycles. The summed E-state index contributed by atoms with van der Waals surface area (Å²) in [7, 11) is 0. The number of benzene rings is 3. The lowest BCUT2D eigenvalue weighted by atomic mass is 10.1. The van der Waals surface area contributed by atoms with Crippen molar-refractivity contribution in [1.29, 1.82) is 0 Å². The van der Waals surface area contributed by atoms with Gasteiger partial charge in [0, 0.05) is 23.3 Å². The van der Waals surface area contributed by atoms with Crippen LogP contribution in [0.5, 0.6) is 5.88 Å². The lowest BCUT2D eigenvalue weighted by Crippen LogP contribution is -2.36. The smallest absolute Gasteiger partial charge is 0.335 e. The first-order valence-electron chi connectivity index (χ1n) is 11.2. The molecule has 176 valence electrons. The summed E-state index contributed by atoms with van der Waals surface area (Å²) in [6.07, 6.45) is 0.700. The van der Waals surface area contributed by atoms with E-state index in [0.29, 0.717) is 29.4 Å². The quantitative estimate of drug-likeness (QED) is 0.215. The molecule has 0 atom stereocenters. The first-order valence-corrected chi connectivity index (χ1v) is 11.6. The predicted octanol–water partition coefficient (Wildman–Crippen LogP) is 5.00. The SMILES string of the molecule is CC(=NNC(=S)N1CCc2cc(C(=O)O)ccc21)c1c(O)n(-c2ccc(C)cc2)c2ccccc12. The Kier molecular flexibility index (Phi) is 5.74. The Bertz CT molecular complexity index is 1510. The number of para-hydroxylation sites is 1. The third kappa shape index (κ3) is 4.02. The largest absolute Gasteiger partial charge is 0.494 e. The molecule has 4 aromatic rings. The van der Waals surface area contributed by atoms with Crippen molar-refractivity contribution in [2.45, 2.75) is 20.3 Å². The molecule has 1 aliphatic rings. The minimum Gasteiger partial charge on any atom is -0.494 e. The van der Waals surface area contributed by atoms with Gasteiger partial charge in [-0.05, 0) is 74.4 Å². The zero-order valence-electron chi connectivity index (χ0n) is 19.3. The van der Waals surface area contributed by atoms with Gasteiger partial charge in [0.25, 0.3) is 0 Å². The van der Waals surface area contributed by atoms with E-state index in [4.69, 9.17) is 12.2 Å². The topological polar surface area (TPSA) is 90.1 Å². The average Bonchev–Trinajstić information content (AvgIpc) is 3.41. The summed E-state index contributed by atoms with van der Waals surface area (Å²) >= 11 is 5.59. The van der Waals surface area contributed by atoms with Crippen LogP contribution in [-0.4, -0.2) is 38.1 Å². The molecule has 35 heavy (non-hydrogen) atoms. The van der Waals surface area contributed by atoms with Gasteiger partial charge >= 0.3 is 5.97 Å². The first kappa shape index (κ1) is 22.6. The van der Waals surface area contributed by atoms with E-state index in [1.54, 1.807) is 18.2 Å². The number of aryl methyl sites for hydroxylation is 1. The van der Waals surface area contributed by atoms with Crippen molar-refractivity contribution in [3.8, 4) is 11.6 Å². The summed E-state index contributed by atoms with van der Waals surface area (Å²) in [4.78, 5) is 13.2. The van der Waals surface area contributed by atoms with Crippen molar-refractivity contribution in [2.24, 2.45) is 5.10 Å². The summed E-state index contributed by atoms with van der Waals surface area (Å²) in [6, 6.07) is 20.8. The van der Waals surface area contributed by atoms with Gasteiger partial charge in [0.2, 0.25) is 5.88 Å². The number of thiocarbonyl (C=S) groups is 1. The van der Waals surface area contributed by atoms with Gasteiger partial charge in [-0.2, -0.15) is 5.10 Å². The molecule has 1 aliphatic heterocycles. The highest BCUT2D eigenvalue weighted by atomic mass is 32.1. The van der Waals surface area contributed by atoms with Crippen molar-refractivity contribution >= 4 is 45.6 Å². The van der Waals surface area contributed by atoms with Crippen LogP contribution in [0.25, 0.3) is 16.6 Å². The summed E-state index contributed by atoms with van der Waals surface area (Å²) < 4.78 is 1.82. The Morgan fingerprint density at radius 3 is 2.57 bits per heavy atom. The zero-order valence-corrected chi connectivity index (χ0v) is 20.1. The van der Waals surface area contributed by atoms with Crippen LogP contribution in [-0.2, 0) is 6.42 Å². The lowest BCUT2D eigenvalue weighted by Gasteiger charge is -2.19. The van der Waals surface area contributed by atoms with E-state index in [9.17, 15) is 15.0 Å². The van der Waals surface area contributed by atoms with Gasteiger partial charge in [0.1, 0.15) is 0 Å². The Hall–Kier alpha value is -4.17. The number of hydrogen-bond acceptors (Lipinski definition) is 4. The molecule has 0 fully saturated rings. The number of nitrogens with one attached hydrogen (secondary N) is 1.